The second kappa shape index (κ2) is 6.05. The van der Waals surface area contributed by atoms with Gasteiger partial charge in [-0.1, -0.05) is 19.3 Å². The number of alkyl halides is 1. The summed E-state index contributed by atoms with van der Waals surface area (Å²) in [7, 11) is 0. The van der Waals surface area contributed by atoms with Gasteiger partial charge < -0.3 is 10.3 Å². The van der Waals surface area contributed by atoms with E-state index in [1.54, 1.807) is 0 Å². The fourth-order valence-electron chi connectivity index (χ4n) is 2.26. The maximum absolute atomic E-state index is 12.0. The molecule has 0 saturated heterocycles. The summed E-state index contributed by atoms with van der Waals surface area (Å²) in [6.07, 6.45) is 8.06. The third kappa shape index (κ3) is 3.13. The number of halogens is 1. The number of carbonyl (C=O) groups excluding carboxylic acids is 1. The van der Waals surface area contributed by atoms with Gasteiger partial charge in [0.1, 0.15) is 5.56 Å². The van der Waals surface area contributed by atoms with E-state index in [2.05, 4.69) is 10.3 Å². The molecule has 0 radical (unpaired) electrons. The monoisotopic (exact) mass is 268 g/mol. The molecule has 1 aliphatic rings. The Labute approximate surface area is 111 Å². The van der Waals surface area contributed by atoms with Crippen LogP contribution in [0.4, 0.5) is 0 Å². The van der Waals surface area contributed by atoms with Crippen LogP contribution in [0.1, 0.15) is 42.5 Å². The summed E-state index contributed by atoms with van der Waals surface area (Å²) >= 11 is 6.26. The highest BCUT2D eigenvalue weighted by atomic mass is 35.5. The number of pyridine rings is 1. The smallest absolute Gasteiger partial charge is 0.257 e. The zero-order valence-corrected chi connectivity index (χ0v) is 10.9. The molecule has 5 heteroatoms. The molecule has 0 aromatic carbocycles. The molecule has 2 atom stereocenters. The minimum atomic E-state index is -0.339. The zero-order valence-electron chi connectivity index (χ0n) is 10.1. The lowest BCUT2D eigenvalue weighted by Gasteiger charge is -2.20. The third-order valence-electron chi connectivity index (χ3n) is 3.32. The maximum Gasteiger partial charge on any atom is 0.257 e. The number of nitrogens with one attached hydrogen (secondary N) is 2. The lowest BCUT2D eigenvalue weighted by Crippen LogP contribution is -2.42. The van der Waals surface area contributed by atoms with Crippen molar-refractivity contribution >= 4 is 17.5 Å². The molecule has 1 fully saturated rings. The molecule has 98 valence electrons. The van der Waals surface area contributed by atoms with Gasteiger partial charge in [-0.2, -0.15) is 0 Å². The van der Waals surface area contributed by atoms with Crippen molar-refractivity contribution in [2.45, 2.75) is 43.5 Å². The fraction of sp³-hybridized carbons (Fsp3) is 0.538. The highest BCUT2D eigenvalue weighted by Gasteiger charge is 2.24. The molecular formula is C13H17ClN2O2. The van der Waals surface area contributed by atoms with E-state index in [4.69, 9.17) is 11.6 Å². The third-order valence-corrected chi connectivity index (χ3v) is 3.84. The van der Waals surface area contributed by atoms with E-state index >= 15 is 0 Å². The minimum absolute atomic E-state index is 0.0405. The molecule has 4 nitrogen and oxygen atoms in total. The van der Waals surface area contributed by atoms with Crippen LogP contribution in [0.5, 0.6) is 0 Å². The number of amides is 1. The number of rotatable bonds is 2. The summed E-state index contributed by atoms with van der Waals surface area (Å²) in [5.74, 6) is -0.339. The molecular weight excluding hydrogens is 252 g/mol. The van der Waals surface area contributed by atoms with Crippen molar-refractivity contribution < 1.29 is 4.79 Å². The molecule has 1 aliphatic carbocycles. The van der Waals surface area contributed by atoms with Gasteiger partial charge in [-0.25, -0.2) is 0 Å². The van der Waals surface area contributed by atoms with Crippen molar-refractivity contribution in [2.75, 3.05) is 0 Å². The van der Waals surface area contributed by atoms with Crippen molar-refractivity contribution in [1.29, 1.82) is 0 Å². The zero-order chi connectivity index (χ0) is 13.0. The summed E-state index contributed by atoms with van der Waals surface area (Å²) in [5, 5.41) is 2.83. The Kier molecular flexibility index (Phi) is 4.42. The Morgan fingerprint density at radius 2 is 2.11 bits per heavy atom. The Balaban J connectivity index is 2.06. The van der Waals surface area contributed by atoms with Crippen LogP contribution in [-0.4, -0.2) is 22.3 Å². The van der Waals surface area contributed by atoms with E-state index in [-0.39, 0.29) is 28.3 Å². The van der Waals surface area contributed by atoms with Crippen molar-refractivity contribution in [3.8, 4) is 0 Å². The van der Waals surface area contributed by atoms with Crippen molar-refractivity contribution in [3.05, 3.63) is 34.2 Å². The number of carbonyl (C=O) groups is 1. The molecule has 1 saturated carbocycles. The highest BCUT2D eigenvalue weighted by molar-refractivity contribution is 6.21. The van der Waals surface area contributed by atoms with Crippen LogP contribution in [0.15, 0.2) is 23.3 Å². The molecule has 0 spiro atoms. The second-order valence-electron chi connectivity index (χ2n) is 4.66. The van der Waals surface area contributed by atoms with Gasteiger partial charge in [-0.05, 0) is 12.8 Å². The summed E-state index contributed by atoms with van der Waals surface area (Å²) in [6, 6.07) is 1.31. The predicted octanol–water partition coefficient (Wildman–Crippen LogP) is 2.04. The standard InChI is InChI=1S/C13H17ClN2O2/c14-10-4-2-1-3-5-11(10)16-13(18)9-8-15-7-6-12(9)17/h6-8,10-11H,1-5H2,(H,15,17)(H,16,18). The van der Waals surface area contributed by atoms with Crippen molar-refractivity contribution in [1.82, 2.24) is 10.3 Å². The van der Waals surface area contributed by atoms with Gasteiger partial charge in [0.15, 0.2) is 5.43 Å². The van der Waals surface area contributed by atoms with Gasteiger partial charge in [0, 0.05) is 24.5 Å². The molecule has 1 aromatic rings. The Hall–Kier alpha value is -1.29. The topological polar surface area (TPSA) is 62.0 Å². The summed E-state index contributed by atoms with van der Waals surface area (Å²) in [5.41, 5.74) is -0.128. The predicted molar refractivity (Wildman–Crippen MR) is 71.0 cm³/mol. The lowest BCUT2D eigenvalue weighted by atomic mass is 10.1. The van der Waals surface area contributed by atoms with Gasteiger partial charge >= 0.3 is 0 Å². The molecule has 0 aliphatic heterocycles. The first-order chi connectivity index (χ1) is 8.68. The van der Waals surface area contributed by atoms with Crippen molar-refractivity contribution in [2.24, 2.45) is 0 Å². The number of aromatic amines is 1. The SMILES string of the molecule is O=C(NC1CCCCCC1Cl)c1c[nH]ccc1=O. The van der Waals surface area contributed by atoms with Gasteiger partial charge in [-0.3, -0.25) is 9.59 Å². The molecule has 0 bridgehead atoms. The van der Waals surface area contributed by atoms with Crippen LogP contribution in [0.25, 0.3) is 0 Å². The van der Waals surface area contributed by atoms with Gasteiger partial charge in [-0.15, -0.1) is 11.6 Å². The average molecular weight is 269 g/mol. The van der Waals surface area contributed by atoms with Gasteiger partial charge in [0.2, 0.25) is 0 Å². The van der Waals surface area contributed by atoms with Crippen LogP contribution >= 0.6 is 11.6 Å². The first kappa shape index (κ1) is 13.1. The Morgan fingerprint density at radius 1 is 1.33 bits per heavy atom. The van der Waals surface area contributed by atoms with Crippen LogP contribution in [0.2, 0.25) is 0 Å². The molecule has 1 amide bonds. The molecule has 2 N–H and O–H groups in total. The van der Waals surface area contributed by atoms with Crippen LogP contribution in [0.3, 0.4) is 0 Å². The maximum atomic E-state index is 12.0. The first-order valence-electron chi connectivity index (χ1n) is 6.30. The van der Waals surface area contributed by atoms with Gasteiger partial charge in [0.05, 0.1) is 5.38 Å². The summed E-state index contributed by atoms with van der Waals surface area (Å²) < 4.78 is 0. The largest absolute Gasteiger partial charge is 0.367 e. The quantitative estimate of drug-likeness (QED) is 0.637. The van der Waals surface area contributed by atoms with E-state index in [1.165, 1.54) is 18.5 Å². The van der Waals surface area contributed by atoms with E-state index in [0.717, 1.165) is 32.1 Å². The molecule has 1 aromatic heterocycles. The lowest BCUT2D eigenvalue weighted by molar-refractivity contribution is 0.0932. The Morgan fingerprint density at radius 3 is 2.89 bits per heavy atom. The van der Waals surface area contributed by atoms with Crippen LogP contribution in [-0.2, 0) is 0 Å². The van der Waals surface area contributed by atoms with E-state index < -0.39 is 0 Å². The number of H-pyrrole nitrogens is 1. The second-order valence-corrected chi connectivity index (χ2v) is 5.22. The molecule has 2 rings (SSSR count). The number of aromatic nitrogens is 1. The average Bonchev–Trinajstić information content (AvgIpc) is 2.55. The normalized spacial score (nSPS) is 24.3. The van der Waals surface area contributed by atoms with E-state index in [0.29, 0.717) is 0 Å². The minimum Gasteiger partial charge on any atom is -0.367 e. The van der Waals surface area contributed by atoms with Crippen molar-refractivity contribution in [3.63, 3.8) is 0 Å². The summed E-state index contributed by atoms with van der Waals surface area (Å²) in [6.45, 7) is 0. The number of hydrogen-bond donors (Lipinski definition) is 2. The highest BCUT2D eigenvalue weighted by Crippen LogP contribution is 2.22. The van der Waals surface area contributed by atoms with Gasteiger partial charge in [0.25, 0.3) is 5.91 Å². The summed E-state index contributed by atoms with van der Waals surface area (Å²) in [4.78, 5) is 26.3. The number of hydrogen-bond acceptors (Lipinski definition) is 2. The van der Waals surface area contributed by atoms with Crippen LogP contribution in [0, 0.1) is 0 Å². The van der Waals surface area contributed by atoms with E-state index in [1.807, 2.05) is 0 Å². The fourth-order valence-corrected chi connectivity index (χ4v) is 2.61. The molecule has 2 unspecified atom stereocenters. The Bertz CT molecular complexity index is 472. The molecule has 18 heavy (non-hydrogen) atoms. The first-order valence-corrected chi connectivity index (χ1v) is 6.74. The molecule has 1 heterocycles. The van der Waals surface area contributed by atoms with E-state index in [9.17, 15) is 9.59 Å². The van der Waals surface area contributed by atoms with Crippen LogP contribution < -0.4 is 10.7 Å².